The molecule has 1 N–H and O–H groups in total. The fraction of sp³-hybridized carbons (Fsp3) is 0.333. The van der Waals surface area contributed by atoms with Gasteiger partial charge in [0, 0.05) is 11.9 Å². The van der Waals surface area contributed by atoms with Gasteiger partial charge >= 0.3 is 5.97 Å². The van der Waals surface area contributed by atoms with Crippen molar-refractivity contribution >= 4 is 27.4 Å². The minimum atomic E-state index is -3.45. The van der Waals surface area contributed by atoms with Crippen LogP contribution in [0.25, 0.3) is 0 Å². The van der Waals surface area contributed by atoms with Gasteiger partial charge in [-0.05, 0) is 74.1 Å². The van der Waals surface area contributed by atoms with Crippen molar-refractivity contribution in [2.75, 3.05) is 11.6 Å². The Kier molecular flexibility index (Phi) is 5.56. The van der Waals surface area contributed by atoms with Gasteiger partial charge in [0.15, 0.2) is 15.9 Å². The lowest BCUT2D eigenvalue weighted by atomic mass is 10.1. The number of carbonyl (C=O) groups is 2. The van der Waals surface area contributed by atoms with Crippen LogP contribution in [0.1, 0.15) is 40.4 Å². The third-order valence-corrected chi connectivity index (χ3v) is 5.99. The first-order chi connectivity index (χ1) is 13.1. The SMILES string of the molecule is Cc1ccc(S(C)(=O)=O)cc1C(=O)O[C@@H](C)C(=O)Nc1ccc2c(c1)CCC2. The second-order valence-electron chi connectivity index (χ2n) is 7.12. The standard InChI is InChI=1S/C21H23NO5S/c1-13-7-10-18(28(3,25)26)12-19(13)21(24)27-14(2)20(23)22-17-9-8-15-5-4-6-16(15)11-17/h7-12,14H,4-6H2,1-3H3,(H,22,23)/t14-/m0/s1. The molecule has 7 heteroatoms. The molecule has 0 radical (unpaired) electrons. The highest BCUT2D eigenvalue weighted by Crippen LogP contribution is 2.25. The maximum Gasteiger partial charge on any atom is 0.339 e. The van der Waals surface area contributed by atoms with Gasteiger partial charge in [0.1, 0.15) is 0 Å². The van der Waals surface area contributed by atoms with E-state index in [2.05, 4.69) is 5.32 Å². The number of nitrogens with one attached hydrogen (secondary N) is 1. The first-order valence-corrected chi connectivity index (χ1v) is 11.0. The van der Waals surface area contributed by atoms with Crippen molar-refractivity contribution in [3.8, 4) is 0 Å². The Labute approximate surface area is 164 Å². The molecule has 0 saturated heterocycles. The molecule has 0 spiro atoms. The van der Waals surface area contributed by atoms with E-state index >= 15 is 0 Å². The Balaban J connectivity index is 1.69. The van der Waals surface area contributed by atoms with Gasteiger partial charge in [0.05, 0.1) is 10.5 Å². The van der Waals surface area contributed by atoms with Crippen LogP contribution >= 0.6 is 0 Å². The normalized spacial score (nSPS) is 14.2. The number of fused-ring (bicyclic) bond motifs is 1. The molecule has 1 amide bonds. The molecule has 0 fully saturated rings. The molecule has 0 saturated carbocycles. The summed E-state index contributed by atoms with van der Waals surface area (Å²) in [7, 11) is -3.45. The van der Waals surface area contributed by atoms with Crippen LogP contribution in [0.2, 0.25) is 0 Å². The van der Waals surface area contributed by atoms with Crippen LogP contribution in [0.3, 0.4) is 0 Å². The largest absolute Gasteiger partial charge is 0.449 e. The van der Waals surface area contributed by atoms with E-state index in [0.717, 1.165) is 25.5 Å². The number of sulfone groups is 1. The van der Waals surface area contributed by atoms with E-state index in [1.807, 2.05) is 18.2 Å². The van der Waals surface area contributed by atoms with Crippen LogP contribution < -0.4 is 5.32 Å². The van der Waals surface area contributed by atoms with E-state index in [9.17, 15) is 18.0 Å². The number of amides is 1. The number of esters is 1. The average Bonchev–Trinajstić information content (AvgIpc) is 3.08. The van der Waals surface area contributed by atoms with Gasteiger partial charge in [0.25, 0.3) is 5.91 Å². The van der Waals surface area contributed by atoms with Gasteiger partial charge in [-0.15, -0.1) is 0 Å². The molecule has 0 bridgehead atoms. The van der Waals surface area contributed by atoms with E-state index in [1.165, 1.54) is 30.2 Å². The fourth-order valence-corrected chi connectivity index (χ4v) is 3.87. The van der Waals surface area contributed by atoms with Gasteiger partial charge in [-0.3, -0.25) is 4.79 Å². The van der Waals surface area contributed by atoms with Crippen molar-refractivity contribution in [1.29, 1.82) is 0 Å². The molecule has 2 aromatic carbocycles. The third-order valence-electron chi connectivity index (χ3n) is 4.88. The predicted octanol–water partition coefficient (Wildman–Crippen LogP) is 3.07. The molecule has 3 rings (SSSR count). The zero-order valence-electron chi connectivity index (χ0n) is 16.1. The number of aryl methyl sites for hydroxylation is 3. The maximum absolute atomic E-state index is 12.5. The zero-order chi connectivity index (χ0) is 20.5. The summed E-state index contributed by atoms with van der Waals surface area (Å²) in [5, 5.41) is 2.77. The van der Waals surface area contributed by atoms with Gasteiger partial charge in [-0.2, -0.15) is 0 Å². The van der Waals surface area contributed by atoms with Crippen molar-refractivity contribution in [2.24, 2.45) is 0 Å². The van der Waals surface area contributed by atoms with E-state index in [4.69, 9.17) is 4.74 Å². The molecule has 2 aromatic rings. The summed E-state index contributed by atoms with van der Waals surface area (Å²) in [6, 6.07) is 10.1. The summed E-state index contributed by atoms with van der Waals surface area (Å²) in [5.41, 5.74) is 3.90. The van der Waals surface area contributed by atoms with Crippen LogP contribution in [-0.2, 0) is 32.2 Å². The highest BCUT2D eigenvalue weighted by molar-refractivity contribution is 7.90. The molecule has 1 atom stereocenters. The Morgan fingerprint density at radius 2 is 1.79 bits per heavy atom. The van der Waals surface area contributed by atoms with Gasteiger partial charge in [-0.1, -0.05) is 12.1 Å². The summed E-state index contributed by atoms with van der Waals surface area (Å²) in [5.74, 6) is -1.18. The van der Waals surface area contributed by atoms with Gasteiger partial charge in [-0.25, -0.2) is 13.2 Å². The summed E-state index contributed by atoms with van der Waals surface area (Å²) >= 11 is 0. The number of anilines is 1. The zero-order valence-corrected chi connectivity index (χ0v) is 16.9. The number of carbonyl (C=O) groups excluding carboxylic acids is 2. The third kappa shape index (κ3) is 4.42. The van der Waals surface area contributed by atoms with Gasteiger partial charge < -0.3 is 10.1 Å². The van der Waals surface area contributed by atoms with Crippen LogP contribution in [0.15, 0.2) is 41.3 Å². The van der Waals surface area contributed by atoms with Crippen molar-refractivity contribution in [3.05, 3.63) is 58.7 Å². The summed E-state index contributed by atoms with van der Waals surface area (Å²) in [6.45, 7) is 3.16. The second kappa shape index (κ2) is 7.75. The van der Waals surface area contributed by atoms with Crippen LogP contribution in [0.4, 0.5) is 5.69 Å². The molecule has 148 valence electrons. The minimum Gasteiger partial charge on any atom is -0.449 e. The first-order valence-electron chi connectivity index (χ1n) is 9.09. The van der Waals surface area contributed by atoms with Crippen LogP contribution in [0.5, 0.6) is 0 Å². The molecule has 0 heterocycles. The Hall–Kier alpha value is -2.67. The number of benzene rings is 2. The monoisotopic (exact) mass is 401 g/mol. The maximum atomic E-state index is 12.5. The van der Waals surface area contributed by atoms with Crippen molar-refractivity contribution in [1.82, 2.24) is 0 Å². The topological polar surface area (TPSA) is 89.5 Å². The predicted molar refractivity (Wildman–Crippen MR) is 106 cm³/mol. The van der Waals surface area contributed by atoms with Crippen molar-refractivity contribution < 1.29 is 22.7 Å². The molecule has 0 unspecified atom stereocenters. The number of hydrogen-bond acceptors (Lipinski definition) is 5. The number of ether oxygens (including phenoxy) is 1. The Morgan fingerprint density at radius 3 is 2.50 bits per heavy atom. The number of hydrogen-bond donors (Lipinski definition) is 1. The second-order valence-corrected chi connectivity index (χ2v) is 9.14. The van der Waals surface area contributed by atoms with Crippen LogP contribution in [0, 0.1) is 6.92 Å². The lowest BCUT2D eigenvalue weighted by molar-refractivity contribution is -0.123. The highest BCUT2D eigenvalue weighted by atomic mass is 32.2. The molecule has 0 aromatic heterocycles. The quantitative estimate of drug-likeness (QED) is 0.778. The summed E-state index contributed by atoms with van der Waals surface area (Å²) in [6.07, 6.45) is 3.22. The fourth-order valence-electron chi connectivity index (χ4n) is 3.22. The number of rotatable bonds is 5. The summed E-state index contributed by atoms with van der Waals surface area (Å²) in [4.78, 5) is 24.9. The lowest BCUT2D eigenvalue weighted by Crippen LogP contribution is -2.30. The van der Waals surface area contributed by atoms with Crippen molar-refractivity contribution in [3.63, 3.8) is 0 Å². The summed E-state index contributed by atoms with van der Waals surface area (Å²) < 4.78 is 28.7. The first kappa shape index (κ1) is 20.1. The molecule has 1 aliphatic carbocycles. The smallest absolute Gasteiger partial charge is 0.339 e. The van der Waals surface area contributed by atoms with E-state index in [1.54, 1.807) is 13.0 Å². The highest BCUT2D eigenvalue weighted by Gasteiger charge is 2.22. The van der Waals surface area contributed by atoms with E-state index in [0.29, 0.717) is 11.3 Å². The van der Waals surface area contributed by atoms with E-state index < -0.39 is 27.8 Å². The molecular weight excluding hydrogens is 378 g/mol. The molecule has 0 aliphatic heterocycles. The minimum absolute atomic E-state index is 0.0281. The molecular formula is C21H23NO5S. The van der Waals surface area contributed by atoms with E-state index in [-0.39, 0.29) is 10.5 Å². The molecule has 6 nitrogen and oxygen atoms in total. The Bertz CT molecular complexity index is 1040. The average molecular weight is 401 g/mol. The molecule has 28 heavy (non-hydrogen) atoms. The Morgan fingerprint density at radius 1 is 1.07 bits per heavy atom. The lowest BCUT2D eigenvalue weighted by Gasteiger charge is -2.15. The van der Waals surface area contributed by atoms with Crippen molar-refractivity contribution in [2.45, 2.75) is 44.1 Å². The van der Waals surface area contributed by atoms with Gasteiger partial charge in [0.2, 0.25) is 0 Å². The molecule has 1 aliphatic rings. The van der Waals surface area contributed by atoms with Crippen LogP contribution in [-0.4, -0.2) is 32.7 Å².